The fourth-order valence-corrected chi connectivity index (χ4v) is 5.15. The molecule has 0 radical (unpaired) electrons. The Kier molecular flexibility index (Phi) is 6.88. The van der Waals surface area contributed by atoms with Crippen molar-refractivity contribution in [2.75, 3.05) is 6.26 Å². The topological polar surface area (TPSA) is 112 Å². The Morgan fingerprint density at radius 2 is 1.63 bits per heavy atom. The van der Waals surface area contributed by atoms with Crippen LogP contribution in [-0.4, -0.2) is 38.7 Å². The summed E-state index contributed by atoms with van der Waals surface area (Å²) in [6.07, 6.45) is -4.18. The molecule has 3 aromatic rings. The van der Waals surface area contributed by atoms with Crippen LogP contribution in [-0.2, 0) is 32.7 Å². The molecule has 0 saturated carbocycles. The third kappa shape index (κ3) is 5.40. The first-order valence-electron chi connectivity index (χ1n) is 10.1. The highest BCUT2D eigenvalue weighted by Gasteiger charge is 2.35. The molecule has 0 spiro atoms. The number of nitrogens with zero attached hydrogens (tertiary/aromatic N) is 2. The van der Waals surface area contributed by atoms with Gasteiger partial charge >= 0.3 is 16.3 Å². The van der Waals surface area contributed by atoms with Gasteiger partial charge in [-0.1, -0.05) is 17.7 Å². The molecule has 0 aliphatic rings. The summed E-state index contributed by atoms with van der Waals surface area (Å²) >= 11 is 0. The molecule has 2 aromatic carbocycles. The SMILES string of the molecule is CCn1nc(C)c(C(=O)c2ccc(C(F)(F)F)cc2S(C)(=O)=O)c1OS(=O)(=O)c1ccc(C)cc1. The van der Waals surface area contributed by atoms with Gasteiger partial charge in [0.05, 0.1) is 16.2 Å². The third-order valence-electron chi connectivity index (χ3n) is 5.06. The Hall–Kier alpha value is -3.19. The Labute approximate surface area is 200 Å². The van der Waals surface area contributed by atoms with Crippen LogP contribution in [0.5, 0.6) is 5.88 Å². The van der Waals surface area contributed by atoms with Crippen LogP contribution < -0.4 is 4.18 Å². The van der Waals surface area contributed by atoms with E-state index in [0.29, 0.717) is 18.4 Å². The first kappa shape index (κ1) is 26.4. The van der Waals surface area contributed by atoms with Gasteiger partial charge in [0.2, 0.25) is 11.7 Å². The lowest BCUT2D eigenvalue weighted by molar-refractivity contribution is -0.137. The van der Waals surface area contributed by atoms with Crippen LogP contribution in [0.1, 0.15) is 39.7 Å². The molecule has 1 aromatic heterocycles. The summed E-state index contributed by atoms with van der Waals surface area (Å²) in [5.74, 6) is -1.53. The number of ketones is 1. The van der Waals surface area contributed by atoms with E-state index in [1.54, 1.807) is 26.0 Å². The van der Waals surface area contributed by atoms with E-state index in [9.17, 15) is 34.8 Å². The fourth-order valence-electron chi connectivity index (χ4n) is 3.31. The minimum atomic E-state index is -4.85. The smallest absolute Gasteiger partial charge is 0.358 e. The van der Waals surface area contributed by atoms with Gasteiger partial charge in [-0.05, 0) is 51.1 Å². The summed E-state index contributed by atoms with van der Waals surface area (Å²) in [6.45, 7) is 4.81. The first-order chi connectivity index (χ1) is 16.1. The lowest BCUT2D eigenvalue weighted by Gasteiger charge is -2.13. The summed E-state index contributed by atoms with van der Waals surface area (Å²) in [5.41, 5.74) is -1.41. The van der Waals surface area contributed by atoms with Crippen molar-refractivity contribution in [1.29, 1.82) is 0 Å². The van der Waals surface area contributed by atoms with Gasteiger partial charge in [-0.2, -0.15) is 26.7 Å². The van der Waals surface area contributed by atoms with Crippen molar-refractivity contribution in [3.05, 3.63) is 70.4 Å². The maximum atomic E-state index is 13.4. The molecule has 0 saturated heterocycles. The van der Waals surface area contributed by atoms with Gasteiger partial charge in [0, 0.05) is 18.4 Å². The molecule has 0 aliphatic heterocycles. The summed E-state index contributed by atoms with van der Waals surface area (Å²) in [6, 6.07) is 7.39. The summed E-state index contributed by atoms with van der Waals surface area (Å²) in [7, 11) is -8.72. The number of rotatable bonds is 7. The van der Waals surface area contributed by atoms with E-state index in [2.05, 4.69) is 5.10 Å². The van der Waals surface area contributed by atoms with Crippen LogP contribution in [0.4, 0.5) is 13.2 Å². The van der Waals surface area contributed by atoms with E-state index < -0.39 is 53.8 Å². The highest BCUT2D eigenvalue weighted by Crippen LogP contribution is 2.34. The lowest BCUT2D eigenvalue weighted by atomic mass is 10.0. The van der Waals surface area contributed by atoms with Gasteiger partial charge in [0.25, 0.3) is 0 Å². The number of aromatic nitrogens is 2. The van der Waals surface area contributed by atoms with Crippen molar-refractivity contribution in [2.45, 2.75) is 43.3 Å². The second kappa shape index (κ2) is 9.11. The average molecular weight is 531 g/mol. The van der Waals surface area contributed by atoms with E-state index >= 15 is 0 Å². The Morgan fingerprint density at radius 1 is 1.03 bits per heavy atom. The number of carbonyl (C=O) groups excluding carboxylic acids is 1. The Bertz CT molecular complexity index is 1510. The van der Waals surface area contributed by atoms with E-state index in [0.717, 1.165) is 16.3 Å². The molecule has 0 aliphatic carbocycles. The molecule has 8 nitrogen and oxygen atoms in total. The summed E-state index contributed by atoms with van der Waals surface area (Å²) < 4.78 is 96.2. The maximum absolute atomic E-state index is 13.4. The molecular formula is C22H21F3N2O6S2. The lowest BCUT2D eigenvalue weighted by Crippen LogP contribution is -2.17. The van der Waals surface area contributed by atoms with Gasteiger partial charge in [-0.3, -0.25) is 4.79 Å². The Balaban J connectivity index is 2.19. The van der Waals surface area contributed by atoms with Crippen molar-refractivity contribution in [1.82, 2.24) is 9.78 Å². The van der Waals surface area contributed by atoms with Crippen LogP contribution in [0.2, 0.25) is 0 Å². The quantitative estimate of drug-likeness (QED) is 0.336. The molecule has 0 N–H and O–H groups in total. The molecule has 0 amide bonds. The molecule has 0 fully saturated rings. The largest absolute Gasteiger partial charge is 0.416 e. The number of halogens is 3. The van der Waals surface area contributed by atoms with Crippen molar-refractivity contribution >= 4 is 25.7 Å². The molecule has 35 heavy (non-hydrogen) atoms. The third-order valence-corrected chi connectivity index (χ3v) is 7.42. The highest BCUT2D eigenvalue weighted by molar-refractivity contribution is 7.90. The number of sulfone groups is 1. The molecule has 0 unspecified atom stereocenters. The number of hydrogen-bond acceptors (Lipinski definition) is 7. The highest BCUT2D eigenvalue weighted by atomic mass is 32.2. The minimum Gasteiger partial charge on any atom is -0.358 e. The van der Waals surface area contributed by atoms with E-state index in [4.69, 9.17) is 4.18 Å². The summed E-state index contributed by atoms with van der Waals surface area (Å²) in [4.78, 5) is 12.4. The molecule has 1 heterocycles. The number of hydrogen-bond donors (Lipinski definition) is 0. The van der Waals surface area contributed by atoms with Gasteiger partial charge in [-0.25, -0.2) is 13.1 Å². The van der Waals surface area contributed by atoms with Crippen LogP contribution in [0, 0.1) is 13.8 Å². The predicted molar refractivity (Wildman–Crippen MR) is 120 cm³/mol. The molecule has 0 bridgehead atoms. The van der Waals surface area contributed by atoms with Gasteiger partial charge in [0.1, 0.15) is 10.5 Å². The van der Waals surface area contributed by atoms with Crippen molar-refractivity contribution < 1.29 is 39.0 Å². The number of benzene rings is 2. The summed E-state index contributed by atoms with van der Waals surface area (Å²) in [5, 5.41) is 4.09. The fraction of sp³-hybridized carbons (Fsp3) is 0.273. The Morgan fingerprint density at radius 3 is 2.14 bits per heavy atom. The molecule has 13 heteroatoms. The molecular weight excluding hydrogens is 509 g/mol. The van der Waals surface area contributed by atoms with E-state index in [1.165, 1.54) is 19.1 Å². The van der Waals surface area contributed by atoms with Gasteiger partial charge < -0.3 is 4.18 Å². The van der Waals surface area contributed by atoms with Gasteiger partial charge in [0.15, 0.2) is 9.84 Å². The van der Waals surface area contributed by atoms with Crippen molar-refractivity contribution in [2.24, 2.45) is 0 Å². The normalized spacial score (nSPS) is 12.5. The zero-order valence-electron chi connectivity index (χ0n) is 19.0. The van der Waals surface area contributed by atoms with Gasteiger partial charge in [-0.15, -0.1) is 0 Å². The number of alkyl halides is 3. The van der Waals surface area contributed by atoms with Crippen molar-refractivity contribution in [3.63, 3.8) is 0 Å². The maximum Gasteiger partial charge on any atom is 0.416 e. The zero-order valence-corrected chi connectivity index (χ0v) is 20.7. The minimum absolute atomic E-state index is 0.00491. The predicted octanol–water partition coefficient (Wildman–Crippen LogP) is 3.94. The molecule has 0 atom stereocenters. The average Bonchev–Trinajstić information content (AvgIpc) is 3.06. The molecule has 3 rings (SSSR count). The number of carbonyl (C=O) groups is 1. The van der Waals surface area contributed by atoms with Crippen molar-refractivity contribution in [3.8, 4) is 5.88 Å². The van der Waals surface area contributed by atoms with Crippen LogP contribution in [0.3, 0.4) is 0 Å². The monoisotopic (exact) mass is 530 g/mol. The van der Waals surface area contributed by atoms with Crippen LogP contribution in [0.15, 0.2) is 52.3 Å². The second-order valence-electron chi connectivity index (χ2n) is 7.74. The van der Waals surface area contributed by atoms with Crippen LogP contribution in [0.25, 0.3) is 0 Å². The van der Waals surface area contributed by atoms with Crippen LogP contribution >= 0.6 is 0 Å². The molecule has 188 valence electrons. The zero-order chi connectivity index (χ0) is 26.3. The van der Waals surface area contributed by atoms with E-state index in [1.807, 2.05) is 0 Å². The second-order valence-corrected chi connectivity index (χ2v) is 11.3. The standard InChI is InChI=1S/C22H21F3N2O6S2/c1-5-27-21(33-35(31,32)16-9-6-13(2)7-10-16)19(14(3)26-27)20(28)17-11-8-15(22(23,24)25)12-18(17)34(4,29)30/h6-12H,5H2,1-4H3. The van der Waals surface area contributed by atoms with E-state index in [-0.39, 0.29) is 22.7 Å². The first-order valence-corrected chi connectivity index (χ1v) is 13.4. The number of aryl methyl sites for hydroxylation is 3.